The molecule has 1 aliphatic heterocycles. The molecule has 1 heterocycles. The first-order valence-corrected chi connectivity index (χ1v) is 7.08. The van der Waals surface area contributed by atoms with E-state index < -0.39 is 0 Å². The minimum Gasteiger partial charge on any atom is -0.484 e. The summed E-state index contributed by atoms with van der Waals surface area (Å²) >= 11 is 0. The molecule has 1 saturated heterocycles. The smallest absolute Gasteiger partial charge is 0.257 e. The molecular formula is C15H21FN2O2. The third-order valence-electron chi connectivity index (χ3n) is 3.62. The van der Waals surface area contributed by atoms with Gasteiger partial charge in [0, 0.05) is 12.6 Å². The van der Waals surface area contributed by atoms with Crippen molar-refractivity contribution < 1.29 is 13.9 Å². The van der Waals surface area contributed by atoms with Crippen molar-refractivity contribution >= 4 is 5.91 Å². The molecule has 4 nitrogen and oxygen atoms in total. The van der Waals surface area contributed by atoms with E-state index in [0.717, 1.165) is 19.5 Å². The van der Waals surface area contributed by atoms with Gasteiger partial charge in [0.05, 0.1) is 0 Å². The molecule has 1 fully saturated rings. The number of rotatable bonds is 6. The Balaban J connectivity index is 1.69. The summed E-state index contributed by atoms with van der Waals surface area (Å²) in [6, 6.07) is 6.09. The van der Waals surface area contributed by atoms with Crippen LogP contribution in [0.25, 0.3) is 0 Å². The molecule has 0 radical (unpaired) electrons. The molecule has 20 heavy (non-hydrogen) atoms. The van der Waals surface area contributed by atoms with Crippen molar-refractivity contribution in [1.82, 2.24) is 10.2 Å². The van der Waals surface area contributed by atoms with E-state index in [1.165, 1.54) is 30.7 Å². The standard InChI is InChI=1S/C15H21FN2O2/c1-2-18-9-3-4-13(18)10-17-15(19)11-20-14-7-5-12(16)6-8-14/h5-8,13H,2-4,9-11H2,1H3,(H,17,19). The van der Waals surface area contributed by atoms with E-state index in [9.17, 15) is 9.18 Å². The first-order valence-electron chi connectivity index (χ1n) is 7.08. The van der Waals surface area contributed by atoms with Gasteiger partial charge in [-0.3, -0.25) is 9.69 Å². The summed E-state index contributed by atoms with van der Waals surface area (Å²) in [5.41, 5.74) is 0. The topological polar surface area (TPSA) is 41.6 Å². The van der Waals surface area contributed by atoms with Gasteiger partial charge in [-0.1, -0.05) is 6.92 Å². The maximum atomic E-state index is 12.7. The highest BCUT2D eigenvalue weighted by Gasteiger charge is 2.23. The molecule has 0 bridgehead atoms. The third kappa shape index (κ3) is 4.20. The molecule has 1 unspecified atom stereocenters. The van der Waals surface area contributed by atoms with Gasteiger partial charge in [0.1, 0.15) is 11.6 Å². The van der Waals surface area contributed by atoms with Crippen molar-refractivity contribution in [3.05, 3.63) is 30.1 Å². The number of carbonyl (C=O) groups excluding carboxylic acids is 1. The fraction of sp³-hybridized carbons (Fsp3) is 0.533. The lowest BCUT2D eigenvalue weighted by molar-refractivity contribution is -0.123. The van der Waals surface area contributed by atoms with Crippen molar-refractivity contribution in [3.63, 3.8) is 0 Å². The minimum atomic E-state index is -0.317. The summed E-state index contributed by atoms with van der Waals surface area (Å²) in [5.74, 6) is 0.0394. The summed E-state index contributed by atoms with van der Waals surface area (Å²) in [4.78, 5) is 14.1. The van der Waals surface area contributed by atoms with Crippen LogP contribution in [0.1, 0.15) is 19.8 Å². The molecule has 0 spiro atoms. The predicted octanol–water partition coefficient (Wildman–Crippen LogP) is 1.80. The zero-order valence-electron chi connectivity index (χ0n) is 11.8. The number of likely N-dealkylation sites (tertiary alicyclic amines) is 1. The molecule has 1 aromatic rings. The van der Waals surface area contributed by atoms with Gasteiger partial charge in [-0.25, -0.2) is 4.39 Å². The molecule has 1 N–H and O–H groups in total. The molecule has 2 rings (SSSR count). The largest absolute Gasteiger partial charge is 0.484 e. The molecule has 5 heteroatoms. The van der Waals surface area contributed by atoms with Gasteiger partial charge < -0.3 is 10.1 Å². The van der Waals surface area contributed by atoms with Crippen LogP contribution in [0, 0.1) is 5.82 Å². The van der Waals surface area contributed by atoms with E-state index in [0.29, 0.717) is 18.3 Å². The Bertz CT molecular complexity index is 436. The van der Waals surface area contributed by atoms with Crippen LogP contribution in [0.4, 0.5) is 4.39 Å². The summed E-state index contributed by atoms with van der Waals surface area (Å²) in [5, 5.41) is 2.89. The molecule has 110 valence electrons. The number of nitrogens with zero attached hydrogens (tertiary/aromatic N) is 1. The Kier molecular flexibility index (Phi) is 5.35. The Morgan fingerprint density at radius 2 is 2.20 bits per heavy atom. The van der Waals surface area contributed by atoms with Crippen molar-refractivity contribution in [2.24, 2.45) is 0 Å². The van der Waals surface area contributed by atoms with Crippen LogP contribution in [0.5, 0.6) is 5.75 Å². The number of ether oxygens (including phenoxy) is 1. The van der Waals surface area contributed by atoms with Crippen LogP contribution in [-0.4, -0.2) is 43.1 Å². The zero-order valence-corrected chi connectivity index (χ0v) is 11.8. The molecule has 1 atom stereocenters. The molecule has 1 amide bonds. The van der Waals surface area contributed by atoms with Crippen LogP contribution in [-0.2, 0) is 4.79 Å². The highest BCUT2D eigenvalue weighted by Crippen LogP contribution is 2.15. The van der Waals surface area contributed by atoms with Gasteiger partial charge in [-0.2, -0.15) is 0 Å². The number of hydrogen-bond acceptors (Lipinski definition) is 3. The second kappa shape index (κ2) is 7.24. The maximum Gasteiger partial charge on any atom is 0.257 e. The van der Waals surface area contributed by atoms with Crippen LogP contribution < -0.4 is 10.1 Å². The molecule has 0 saturated carbocycles. The monoisotopic (exact) mass is 280 g/mol. The van der Waals surface area contributed by atoms with E-state index in [1.54, 1.807) is 0 Å². The molecular weight excluding hydrogens is 259 g/mol. The van der Waals surface area contributed by atoms with Gasteiger partial charge in [-0.05, 0) is 50.2 Å². The minimum absolute atomic E-state index is 0.0372. The average Bonchev–Trinajstić information content (AvgIpc) is 2.92. The van der Waals surface area contributed by atoms with Crippen molar-refractivity contribution in [3.8, 4) is 5.75 Å². The lowest BCUT2D eigenvalue weighted by Crippen LogP contribution is -2.41. The Morgan fingerprint density at radius 3 is 2.90 bits per heavy atom. The Morgan fingerprint density at radius 1 is 1.45 bits per heavy atom. The van der Waals surface area contributed by atoms with Gasteiger partial charge >= 0.3 is 0 Å². The summed E-state index contributed by atoms with van der Waals surface area (Å²) in [6.45, 7) is 4.90. The fourth-order valence-corrected chi connectivity index (χ4v) is 2.51. The number of halogens is 1. The average molecular weight is 280 g/mol. The highest BCUT2D eigenvalue weighted by molar-refractivity contribution is 5.77. The maximum absolute atomic E-state index is 12.7. The normalized spacial score (nSPS) is 19.0. The van der Waals surface area contributed by atoms with E-state index in [1.807, 2.05) is 0 Å². The first-order chi connectivity index (χ1) is 9.69. The molecule has 0 aliphatic carbocycles. The lowest BCUT2D eigenvalue weighted by atomic mass is 10.2. The molecule has 1 aromatic carbocycles. The van der Waals surface area contributed by atoms with E-state index in [2.05, 4.69) is 17.1 Å². The van der Waals surface area contributed by atoms with Gasteiger partial charge in [0.25, 0.3) is 5.91 Å². The van der Waals surface area contributed by atoms with E-state index in [4.69, 9.17) is 4.74 Å². The number of likely N-dealkylation sites (N-methyl/N-ethyl adjacent to an activating group) is 1. The predicted molar refractivity (Wildman–Crippen MR) is 75.2 cm³/mol. The number of nitrogens with one attached hydrogen (secondary N) is 1. The van der Waals surface area contributed by atoms with Crippen LogP contribution in [0.2, 0.25) is 0 Å². The van der Waals surface area contributed by atoms with E-state index >= 15 is 0 Å². The van der Waals surface area contributed by atoms with E-state index in [-0.39, 0.29) is 18.3 Å². The van der Waals surface area contributed by atoms with Crippen LogP contribution >= 0.6 is 0 Å². The highest BCUT2D eigenvalue weighted by atomic mass is 19.1. The Labute approximate surface area is 118 Å². The van der Waals surface area contributed by atoms with Crippen molar-refractivity contribution in [1.29, 1.82) is 0 Å². The third-order valence-corrected chi connectivity index (χ3v) is 3.62. The lowest BCUT2D eigenvalue weighted by Gasteiger charge is -2.22. The SMILES string of the molecule is CCN1CCCC1CNC(=O)COc1ccc(F)cc1. The van der Waals surface area contributed by atoms with Crippen LogP contribution in [0.3, 0.4) is 0 Å². The number of carbonyl (C=O) groups is 1. The fourth-order valence-electron chi connectivity index (χ4n) is 2.51. The zero-order chi connectivity index (χ0) is 14.4. The summed E-state index contributed by atoms with van der Waals surface area (Å²) < 4.78 is 18.0. The molecule has 1 aliphatic rings. The molecule has 0 aromatic heterocycles. The number of benzene rings is 1. The summed E-state index contributed by atoms with van der Waals surface area (Å²) in [6.07, 6.45) is 2.33. The second-order valence-electron chi connectivity index (χ2n) is 4.97. The van der Waals surface area contributed by atoms with Gasteiger partial charge in [0.2, 0.25) is 0 Å². The summed E-state index contributed by atoms with van der Waals surface area (Å²) in [7, 11) is 0. The number of hydrogen-bond donors (Lipinski definition) is 1. The van der Waals surface area contributed by atoms with Crippen molar-refractivity contribution in [2.75, 3.05) is 26.2 Å². The number of amides is 1. The first kappa shape index (κ1) is 14.8. The van der Waals surface area contributed by atoms with Crippen molar-refractivity contribution in [2.45, 2.75) is 25.8 Å². The van der Waals surface area contributed by atoms with Gasteiger partial charge in [-0.15, -0.1) is 0 Å². The second-order valence-corrected chi connectivity index (χ2v) is 4.97. The van der Waals surface area contributed by atoms with Gasteiger partial charge in [0.15, 0.2) is 6.61 Å². The Hall–Kier alpha value is -1.62. The van der Waals surface area contributed by atoms with Crippen LogP contribution in [0.15, 0.2) is 24.3 Å². The quantitative estimate of drug-likeness (QED) is 0.864.